The molecule has 0 aliphatic carbocycles. The minimum atomic E-state index is 0.737. The van der Waals surface area contributed by atoms with Crippen molar-refractivity contribution >= 4 is 43.9 Å². The lowest BCUT2D eigenvalue weighted by Gasteiger charge is -1.97. The lowest BCUT2D eigenvalue weighted by atomic mass is 10.2. The molecular weight excluding hydrogens is 300 g/mol. The highest BCUT2D eigenvalue weighted by Crippen LogP contribution is 2.24. The molecule has 104 valence electrons. The summed E-state index contributed by atoms with van der Waals surface area (Å²) in [5.74, 6) is 0.737. The first-order valence-electron chi connectivity index (χ1n) is 6.57. The Morgan fingerprint density at radius 1 is 1.14 bits per heavy atom. The van der Waals surface area contributed by atoms with Gasteiger partial charge in [-0.3, -0.25) is 4.40 Å². The van der Waals surface area contributed by atoms with E-state index in [0.29, 0.717) is 0 Å². The van der Waals surface area contributed by atoms with Crippen LogP contribution in [0.1, 0.15) is 11.3 Å². The molecule has 3 heterocycles. The predicted octanol–water partition coefficient (Wildman–Crippen LogP) is 3.85. The molecule has 0 bridgehead atoms. The van der Waals surface area contributed by atoms with Crippen LogP contribution in [-0.4, -0.2) is 13.8 Å². The standard InChI is InChI=1S/C15H12N4S2/c1-9-7-10(2)16-13(8-9)17-14-19-11-5-3-4-6-12(11)20-15(19)18-21-14/h3-8H,1-2H3/b17-14-. The minimum absolute atomic E-state index is 0.737. The van der Waals surface area contributed by atoms with E-state index in [1.54, 1.807) is 11.3 Å². The Bertz CT molecular complexity index is 1000. The van der Waals surface area contributed by atoms with Crippen molar-refractivity contribution < 1.29 is 0 Å². The van der Waals surface area contributed by atoms with Crippen molar-refractivity contribution in [1.29, 1.82) is 0 Å². The zero-order chi connectivity index (χ0) is 14.4. The van der Waals surface area contributed by atoms with Crippen LogP contribution < -0.4 is 4.80 Å². The number of pyridine rings is 1. The maximum Gasteiger partial charge on any atom is 0.216 e. The maximum atomic E-state index is 4.69. The number of hydrogen-bond acceptors (Lipinski definition) is 5. The van der Waals surface area contributed by atoms with Crippen molar-refractivity contribution in [2.75, 3.05) is 0 Å². The third kappa shape index (κ3) is 2.16. The van der Waals surface area contributed by atoms with E-state index in [9.17, 15) is 0 Å². The van der Waals surface area contributed by atoms with Gasteiger partial charge in [-0.1, -0.05) is 23.5 Å². The number of rotatable bonds is 1. The zero-order valence-electron chi connectivity index (χ0n) is 11.6. The first-order valence-corrected chi connectivity index (χ1v) is 8.16. The van der Waals surface area contributed by atoms with E-state index in [4.69, 9.17) is 0 Å². The summed E-state index contributed by atoms with van der Waals surface area (Å²) in [6.45, 7) is 4.05. The lowest BCUT2D eigenvalue weighted by Crippen LogP contribution is -2.04. The highest BCUT2D eigenvalue weighted by atomic mass is 32.1. The predicted molar refractivity (Wildman–Crippen MR) is 87.4 cm³/mol. The molecule has 0 atom stereocenters. The van der Waals surface area contributed by atoms with Crippen molar-refractivity contribution in [2.45, 2.75) is 13.8 Å². The van der Waals surface area contributed by atoms with Crippen LogP contribution in [0.2, 0.25) is 0 Å². The topological polar surface area (TPSA) is 42.5 Å². The van der Waals surface area contributed by atoms with Crippen molar-refractivity contribution in [1.82, 2.24) is 13.8 Å². The van der Waals surface area contributed by atoms with Crippen LogP contribution in [-0.2, 0) is 0 Å². The van der Waals surface area contributed by atoms with Gasteiger partial charge in [0.05, 0.1) is 10.2 Å². The SMILES string of the molecule is Cc1cc(C)nc(/N=c2\snc3sc4ccccc4n23)c1. The third-order valence-corrected chi connectivity index (χ3v) is 5.03. The van der Waals surface area contributed by atoms with Crippen molar-refractivity contribution in [3.63, 3.8) is 0 Å². The molecule has 0 saturated carbocycles. The Morgan fingerprint density at radius 3 is 2.86 bits per heavy atom. The quantitative estimate of drug-likeness (QED) is 0.536. The molecule has 0 N–H and O–H groups in total. The number of para-hydroxylation sites is 1. The average Bonchev–Trinajstić information content (AvgIpc) is 2.97. The molecule has 0 aliphatic rings. The van der Waals surface area contributed by atoms with Crippen LogP contribution in [0.5, 0.6) is 0 Å². The van der Waals surface area contributed by atoms with Gasteiger partial charge in [0, 0.05) is 17.2 Å². The first-order chi connectivity index (χ1) is 10.2. The van der Waals surface area contributed by atoms with E-state index >= 15 is 0 Å². The number of aromatic nitrogens is 3. The summed E-state index contributed by atoms with van der Waals surface area (Å²) in [6, 6.07) is 12.3. The van der Waals surface area contributed by atoms with Crippen LogP contribution >= 0.6 is 22.9 Å². The Morgan fingerprint density at radius 2 is 2.00 bits per heavy atom. The third-order valence-electron chi connectivity index (χ3n) is 3.19. The van der Waals surface area contributed by atoms with Crippen LogP contribution in [0.15, 0.2) is 41.4 Å². The van der Waals surface area contributed by atoms with Crippen molar-refractivity contribution in [3.05, 3.63) is 52.5 Å². The van der Waals surface area contributed by atoms with Crippen molar-refractivity contribution in [3.8, 4) is 0 Å². The van der Waals surface area contributed by atoms with Gasteiger partial charge in [0.2, 0.25) is 9.76 Å². The van der Waals surface area contributed by atoms with Crippen molar-refractivity contribution in [2.24, 2.45) is 4.99 Å². The Hall–Kier alpha value is -2.05. The molecule has 0 amide bonds. The van der Waals surface area contributed by atoms with Crippen LogP contribution in [0.3, 0.4) is 0 Å². The molecule has 0 saturated heterocycles. The summed E-state index contributed by atoms with van der Waals surface area (Å²) >= 11 is 3.09. The summed E-state index contributed by atoms with van der Waals surface area (Å²) in [6.07, 6.45) is 0. The molecule has 4 aromatic rings. The van der Waals surface area contributed by atoms with Crippen LogP contribution in [0, 0.1) is 13.8 Å². The van der Waals surface area contributed by atoms with Gasteiger partial charge in [-0.05, 0) is 43.7 Å². The van der Waals surface area contributed by atoms with E-state index < -0.39 is 0 Å². The van der Waals surface area contributed by atoms with Crippen LogP contribution in [0.4, 0.5) is 5.82 Å². The molecule has 3 aromatic heterocycles. The van der Waals surface area contributed by atoms with E-state index in [-0.39, 0.29) is 0 Å². The first kappa shape index (κ1) is 12.7. The summed E-state index contributed by atoms with van der Waals surface area (Å²) in [5.41, 5.74) is 3.30. The van der Waals surface area contributed by atoms with Gasteiger partial charge in [-0.2, -0.15) is 9.37 Å². The summed E-state index contributed by atoms with van der Waals surface area (Å²) in [4.78, 5) is 11.0. The summed E-state index contributed by atoms with van der Waals surface area (Å²) in [7, 11) is 0. The lowest BCUT2D eigenvalue weighted by molar-refractivity contribution is 1.10. The fourth-order valence-corrected chi connectivity index (χ4v) is 4.23. The van der Waals surface area contributed by atoms with Gasteiger partial charge in [0.25, 0.3) is 0 Å². The maximum absolute atomic E-state index is 4.69. The highest BCUT2D eigenvalue weighted by Gasteiger charge is 2.08. The monoisotopic (exact) mass is 312 g/mol. The molecule has 0 aliphatic heterocycles. The zero-order valence-corrected chi connectivity index (χ0v) is 13.2. The smallest absolute Gasteiger partial charge is 0.216 e. The van der Waals surface area contributed by atoms with Crippen LogP contribution in [0.25, 0.3) is 15.2 Å². The van der Waals surface area contributed by atoms with Gasteiger partial charge >= 0.3 is 0 Å². The van der Waals surface area contributed by atoms with E-state index in [0.717, 1.165) is 26.8 Å². The van der Waals surface area contributed by atoms with E-state index in [2.05, 4.69) is 43.9 Å². The second-order valence-electron chi connectivity index (χ2n) is 4.91. The Labute approximate surface area is 129 Å². The molecular formula is C15H12N4S2. The second kappa shape index (κ2) is 4.75. The number of fused-ring (bicyclic) bond motifs is 3. The van der Waals surface area contributed by atoms with Gasteiger partial charge in [0.1, 0.15) is 0 Å². The van der Waals surface area contributed by atoms with Gasteiger partial charge in [0.15, 0.2) is 5.82 Å². The largest absolute Gasteiger partial charge is 0.258 e. The number of benzene rings is 1. The molecule has 4 nitrogen and oxygen atoms in total. The normalized spacial score (nSPS) is 12.6. The molecule has 21 heavy (non-hydrogen) atoms. The van der Waals surface area contributed by atoms with E-state index in [1.807, 2.05) is 25.1 Å². The molecule has 1 aromatic carbocycles. The average molecular weight is 312 g/mol. The molecule has 0 radical (unpaired) electrons. The molecule has 6 heteroatoms. The minimum Gasteiger partial charge on any atom is -0.258 e. The fraction of sp³-hybridized carbons (Fsp3) is 0.133. The Kier molecular flexibility index (Phi) is 2.87. The number of thiazole rings is 1. The molecule has 4 rings (SSSR count). The highest BCUT2D eigenvalue weighted by molar-refractivity contribution is 7.24. The molecule has 0 unspecified atom stereocenters. The summed E-state index contributed by atoms with van der Waals surface area (Å²) in [5, 5.41) is 0. The molecule has 0 fully saturated rings. The molecule has 0 spiro atoms. The van der Waals surface area contributed by atoms with Gasteiger partial charge in [-0.15, -0.1) is 0 Å². The summed E-state index contributed by atoms with van der Waals surface area (Å²) < 4.78 is 7.82. The van der Waals surface area contributed by atoms with Gasteiger partial charge < -0.3 is 0 Å². The van der Waals surface area contributed by atoms with E-state index in [1.165, 1.54) is 21.8 Å². The Balaban J connectivity index is 2.03. The second-order valence-corrected chi connectivity index (χ2v) is 6.65. The number of aryl methyl sites for hydroxylation is 2. The fourth-order valence-electron chi connectivity index (χ4n) is 2.39. The number of nitrogens with zero attached hydrogens (tertiary/aromatic N) is 4. The number of hydrogen-bond donors (Lipinski definition) is 0. The van der Waals surface area contributed by atoms with Gasteiger partial charge in [-0.25, -0.2) is 4.98 Å².